The minimum Gasteiger partial charge on any atom is -0.487 e. The van der Waals surface area contributed by atoms with Gasteiger partial charge in [-0.05, 0) is 25.5 Å². The molecule has 0 saturated carbocycles. The molecule has 1 rings (SSSR count). The van der Waals surface area contributed by atoms with Gasteiger partial charge in [-0.2, -0.15) is 0 Å². The van der Waals surface area contributed by atoms with Crippen LogP contribution in [0.15, 0.2) is 29.3 Å². The Hall–Kier alpha value is -1.51. The number of nitrogens with one attached hydrogen (secondary N) is 2. The fraction of sp³-hybridized carbons (Fsp3) is 0.611. The third-order valence-electron chi connectivity index (χ3n) is 3.52. The first kappa shape index (κ1) is 23.5. The molecule has 0 spiro atoms. The number of guanidine groups is 1. The molecule has 0 aliphatic carbocycles. The Kier molecular flexibility index (Phi) is 11.2. The van der Waals surface area contributed by atoms with Crippen molar-refractivity contribution in [3.8, 4) is 5.75 Å². The Balaban J connectivity index is 2.45. The van der Waals surface area contributed by atoms with Gasteiger partial charge in [0.1, 0.15) is 21.7 Å². The highest BCUT2D eigenvalue weighted by Crippen LogP contribution is 2.24. The Morgan fingerprint density at radius 3 is 2.59 bits per heavy atom. The number of ether oxygens (including phenoxy) is 2. The SMILES string of the molecule is CCNC(=NCC(CC)Oc1ccccc1Cl)NCCOCCS(C)(=O)=O. The van der Waals surface area contributed by atoms with Crippen molar-refractivity contribution in [2.24, 2.45) is 4.99 Å². The molecule has 0 heterocycles. The zero-order chi connectivity index (χ0) is 20.1. The van der Waals surface area contributed by atoms with Crippen molar-refractivity contribution in [1.82, 2.24) is 10.6 Å². The largest absolute Gasteiger partial charge is 0.487 e. The van der Waals surface area contributed by atoms with E-state index in [0.29, 0.717) is 36.4 Å². The van der Waals surface area contributed by atoms with E-state index in [2.05, 4.69) is 15.6 Å². The van der Waals surface area contributed by atoms with Gasteiger partial charge in [-0.15, -0.1) is 0 Å². The number of halogens is 1. The molecule has 0 fully saturated rings. The number of para-hydroxylation sites is 1. The van der Waals surface area contributed by atoms with E-state index in [9.17, 15) is 8.42 Å². The van der Waals surface area contributed by atoms with E-state index in [1.807, 2.05) is 32.0 Å². The maximum absolute atomic E-state index is 11.0. The average molecular weight is 420 g/mol. The summed E-state index contributed by atoms with van der Waals surface area (Å²) in [6.45, 7) is 6.34. The van der Waals surface area contributed by atoms with Crippen LogP contribution in [-0.4, -0.2) is 65.3 Å². The van der Waals surface area contributed by atoms with E-state index in [0.717, 1.165) is 13.0 Å². The van der Waals surface area contributed by atoms with Crippen molar-refractivity contribution >= 4 is 27.4 Å². The zero-order valence-electron chi connectivity index (χ0n) is 16.2. The highest BCUT2D eigenvalue weighted by molar-refractivity contribution is 7.90. The molecule has 9 heteroatoms. The molecule has 0 amide bonds. The summed E-state index contributed by atoms with van der Waals surface area (Å²) >= 11 is 6.14. The summed E-state index contributed by atoms with van der Waals surface area (Å²) in [7, 11) is -2.99. The number of hydrogen-bond donors (Lipinski definition) is 2. The zero-order valence-corrected chi connectivity index (χ0v) is 17.8. The highest BCUT2D eigenvalue weighted by atomic mass is 35.5. The van der Waals surface area contributed by atoms with Crippen molar-refractivity contribution in [2.75, 3.05) is 44.9 Å². The van der Waals surface area contributed by atoms with Gasteiger partial charge >= 0.3 is 0 Å². The fourth-order valence-electron chi connectivity index (χ4n) is 2.06. The predicted octanol–water partition coefficient (Wildman–Crippen LogP) is 2.11. The van der Waals surface area contributed by atoms with Crippen molar-refractivity contribution < 1.29 is 17.9 Å². The molecular formula is C18H30ClN3O4S. The minimum atomic E-state index is -2.99. The lowest BCUT2D eigenvalue weighted by atomic mass is 10.2. The number of benzene rings is 1. The Morgan fingerprint density at radius 1 is 1.22 bits per heavy atom. The van der Waals surface area contributed by atoms with Crippen LogP contribution < -0.4 is 15.4 Å². The van der Waals surface area contributed by atoms with Gasteiger partial charge in [-0.3, -0.25) is 0 Å². The van der Waals surface area contributed by atoms with Gasteiger partial charge in [0.2, 0.25) is 0 Å². The van der Waals surface area contributed by atoms with Crippen LogP contribution in [0.5, 0.6) is 5.75 Å². The normalized spacial score (nSPS) is 13.3. The third-order valence-corrected chi connectivity index (χ3v) is 4.74. The highest BCUT2D eigenvalue weighted by Gasteiger charge is 2.10. The summed E-state index contributed by atoms with van der Waals surface area (Å²) in [5.74, 6) is 1.34. The maximum Gasteiger partial charge on any atom is 0.191 e. The monoisotopic (exact) mass is 419 g/mol. The Labute approximate surface area is 167 Å². The first-order chi connectivity index (χ1) is 12.9. The topological polar surface area (TPSA) is 89.0 Å². The van der Waals surface area contributed by atoms with Crippen LogP contribution in [-0.2, 0) is 14.6 Å². The van der Waals surface area contributed by atoms with Crippen molar-refractivity contribution in [3.05, 3.63) is 29.3 Å². The summed E-state index contributed by atoms with van der Waals surface area (Å²) in [5.41, 5.74) is 0. The molecule has 0 aliphatic heterocycles. The second-order valence-electron chi connectivity index (χ2n) is 5.97. The third kappa shape index (κ3) is 11.0. The number of hydrogen-bond acceptors (Lipinski definition) is 5. The molecule has 0 saturated heterocycles. The quantitative estimate of drug-likeness (QED) is 0.306. The smallest absolute Gasteiger partial charge is 0.191 e. The fourth-order valence-corrected chi connectivity index (χ4v) is 2.66. The van der Waals surface area contributed by atoms with Gasteiger partial charge in [-0.1, -0.05) is 30.7 Å². The molecule has 2 N–H and O–H groups in total. The molecule has 0 radical (unpaired) electrons. The van der Waals surface area contributed by atoms with E-state index in [1.165, 1.54) is 6.26 Å². The Bertz CT molecular complexity index is 683. The van der Waals surface area contributed by atoms with Gasteiger partial charge < -0.3 is 20.1 Å². The molecule has 0 aliphatic rings. The predicted molar refractivity (Wildman–Crippen MR) is 111 cm³/mol. The van der Waals surface area contributed by atoms with Gasteiger partial charge in [-0.25, -0.2) is 13.4 Å². The molecule has 1 aromatic rings. The van der Waals surface area contributed by atoms with Crippen LogP contribution in [0.1, 0.15) is 20.3 Å². The molecule has 0 aromatic heterocycles. The van der Waals surface area contributed by atoms with Crippen LogP contribution in [0.2, 0.25) is 5.02 Å². The molecule has 1 atom stereocenters. The summed E-state index contributed by atoms with van der Waals surface area (Å²) in [4.78, 5) is 4.54. The van der Waals surface area contributed by atoms with E-state index in [1.54, 1.807) is 6.07 Å². The molecule has 1 unspecified atom stereocenters. The van der Waals surface area contributed by atoms with E-state index in [4.69, 9.17) is 21.1 Å². The van der Waals surface area contributed by atoms with Crippen LogP contribution in [0.25, 0.3) is 0 Å². The molecular weight excluding hydrogens is 390 g/mol. The molecule has 154 valence electrons. The van der Waals surface area contributed by atoms with Gasteiger partial charge in [0, 0.05) is 19.3 Å². The first-order valence-electron chi connectivity index (χ1n) is 9.04. The average Bonchev–Trinajstić information content (AvgIpc) is 2.61. The minimum absolute atomic E-state index is 0.0265. The van der Waals surface area contributed by atoms with Gasteiger partial charge in [0.15, 0.2) is 5.96 Å². The Morgan fingerprint density at radius 2 is 1.96 bits per heavy atom. The summed E-state index contributed by atoms with van der Waals surface area (Å²) in [6.07, 6.45) is 1.90. The number of sulfone groups is 1. The first-order valence-corrected chi connectivity index (χ1v) is 11.5. The molecule has 0 bridgehead atoms. The summed E-state index contributed by atoms with van der Waals surface area (Å²) < 4.78 is 33.3. The van der Waals surface area contributed by atoms with Crippen molar-refractivity contribution in [1.29, 1.82) is 0 Å². The summed E-state index contributed by atoms with van der Waals surface area (Å²) in [5, 5.41) is 6.89. The number of nitrogens with zero attached hydrogens (tertiary/aromatic N) is 1. The lowest BCUT2D eigenvalue weighted by molar-refractivity contribution is 0.154. The lowest BCUT2D eigenvalue weighted by Gasteiger charge is -2.18. The second-order valence-corrected chi connectivity index (χ2v) is 8.63. The van der Waals surface area contributed by atoms with Gasteiger partial charge in [0.05, 0.1) is 30.5 Å². The van der Waals surface area contributed by atoms with Crippen LogP contribution in [0.4, 0.5) is 0 Å². The van der Waals surface area contributed by atoms with E-state index in [-0.39, 0.29) is 18.5 Å². The standard InChI is InChI=1S/C18H30ClN3O4S/c1-4-15(26-17-9-7-6-8-16(17)19)14-22-18(20-5-2)21-10-11-25-12-13-27(3,23)24/h6-9,15H,4-5,10-14H2,1-3H3,(H2,20,21,22). The van der Waals surface area contributed by atoms with Gasteiger partial charge in [0.25, 0.3) is 0 Å². The maximum atomic E-state index is 11.0. The number of rotatable bonds is 12. The van der Waals surface area contributed by atoms with Crippen LogP contribution in [0, 0.1) is 0 Å². The lowest BCUT2D eigenvalue weighted by Crippen LogP contribution is -2.40. The number of aliphatic imine (C=N–C) groups is 1. The molecule has 7 nitrogen and oxygen atoms in total. The van der Waals surface area contributed by atoms with Crippen molar-refractivity contribution in [2.45, 2.75) is 26.4 Å². The molecule has 27 heavy (non-hydrogen) atoms. The van der Waals surface area contributed by atoms with Crippen LogP contribution >= 0.6 is 11.6 Å². The van der Waals surface area contributed by atoms with Crippen LogP contribution in [0.3, 0.4) is 0 Å². The van der Waals surface area contributed by atoms with E-state index >= 15 is 0 Å². The second kappa shape index (κ2) is 12.8. The van der Waals surface area contributed by atoms with Crippen molar-refractivity contribution in [3.63, 3.8) is 0 Å². The van der Waals surface area contributed by atoms with E-state index < -0.39 is 9.84 Å². The summed E-state index contributed by atoms with van der Waals surface area (Å²) in [6, 6.07) is 7.38. The molecule has 1 aromatic carbocycles.